The van der Waals surface area contributed by atoms with Gasteiger partial charge in [0.1, 0.15) is 0 Å². The Morgan fingerprint density at radius 2 is 1.51 bits per heavy atom. The van der Waals surface area contributed by atoms with Gasteiger partial charge in [-0.15, -0.1) is 0 Å². The van der Waals surface area contributed by atoms with Crippen LogP contribution in [0.3, 0.4) is 0 Å². The van der Waals surface area contributed by atoms with E-state index in [4.69, 9.17) is 4.98 Å². The zero-order chi connectivity index (χ0) is 27.3. The second-order valence-corrected chi connectivity index (χ2v) is 11.2. The molecule has 0 bridgehead atoms. The van der Waals surface area contributed by atoms with E-state index in [1.54, 1.807) is 6.07 Å². The predicted molar refractivity (Wildman–Crippen MR) is 158 cm³/mol. The highest BCUT2D eigenvalue weighted by molar-refractivity contribution is 5.76. The Morgan fingerprint density at radius 3 is 2.23 bits per heavy atom. The Hall–Kier alpha value is -2.71. The van der Waals surface area contributed by atoms with Crippen molar-refractivity contribution in [2.45, 2.75) is 71.3 Å². The number of amides is 1. The van der Waals surface area contributed by atoms with Crippen molar-refractivity contribution in [3.8, 4) is 0 Å². The molecule has 0 saturated carbocycles. The van der Waals surface area contributed by atoms with Gasteiger partial charge in [0.2, 0.25) is 11.9 Å². The van der Waals surface area contributed by atoms with Gasteiger partial charge in [0.15, 0.2) is 0 Å². The Labute approximate surface area is 234 Å². The first-order chi connectivity index (χ1) is 19.1. The van der Waals surface area contributed by atoms with Crippen molar-refractivity contribution in [2.24, 2.45) is 0 Å². The summed E-state index contributed by atoms with van der Waals surface area (Å²) in [4.78, 5) is 41.9. The van der Waals surface area contributed by atoms with Gasteiger partial charge in [-0.05, 0) is 18.4 Å². The first kappa shape index (κ1) is 29.3. The molecule has 4 rings (SSSR count). The maximum atomic E-state index is 12.7. The molecule has 3 heterocycles. The molecule has 2 aromatic rings. The van der Waals surface area contributed by atoms with Crippen LogP contribution < -0.4 is 10.5 Å². The number of piperazine rings is 2. The molecule has 1 aromatic carbocycles. The minimum atomic E-state index is -0.103. The van der Waals surface area contributed by atoms with Crippen LogP contribution in [0, 0.1) is 0 Å². The number of nitrogens with one attached hydrogen (secondary N) is 1. The highest BCUT2D eigenvalue weighted by Crippen LogP contribution is 2.15. The summed E-state index contributed by atoms with van der Waals surface area (Å²) >= 11 is 0. The van der Waals surface area contributed by atoms with Gasteiger partial charge in [-0.25, -0.2) is 4.98 Å². The van der Waals surface area contributed by atoms with Crippen molar-refractivity contribution in [1.82, 2.24) is 24.7 Å². The van der Waals surface area contributed by atoms with Gasteiger partial charge < -0.3 is 14.7 Å². The second-order valence-electron chi connectivity index (χ2n) is 11.2. The number of H-pyrrole nitrogens is 1. The number of unbranched alkanes of at least 4 members (excludes halogenated alkanes) is 6. The molecule has 0 spiro atoms. The molecule has 1 amide bonds. The zero-order valence-electron chi connectivity index (χ0n) is 24.0. The van der Waals surface area contributed by atoms with Crippen molar-refractivity contribution in [3.05, 3.63) is 58.0 Å². The molecule has 8 heteroatoms. The van der Waals surface area contributed by atoms with Gasteiger partial charge in [0.25, 0.3) is 5.56 Å². The summed E-state index contributed by atoms with van der Waals surface area (Å²) < 4.78 is 0. The third-order valence-corrected chi connectivity index (χ3v) is 8.12. The molecule has 2 aliphatic rings. The maximum Gasteiger partial charge on any atom is 0.252 e. The summed E-state index contributed by atoms with van der Waals surface area (Å²) in [6.07, 6.45) is 10.3. The number of aromatic nitrogens is 2. The fourth-order valence-electron chi connectivity index (χ4n) is 5.62. The first-order valence-electron chi connectivity index (χ1n) is 15.2. The van der Waals surface area contributed by atoms with Gasteiger partial charge in [0.05, 0.1) is 5.69 Å². The molecule has 8 nitrogen and oxygen atoms in total. The van der Waals surface area contributed by atoms with E-state index < -0.39 is 0 Å². The monoisotopic (exact) mass is 536 g/mol. The molecule has 2 aliphatic heterocycles. The molecule has 214 valence electrons. The number of hydrogen-bond acceptors (Lipinski definition) is 6. The van der Waals surface area contributed by atoms with Crippen LogP contribution in [-0.2, 0) is 17.8 Å². The van der Waals surface area contributed by atoms with Gasteiger partial charge in [0, 0.05) is 77.9 Å². The standard InChI is InChI=1S/C31H48N6O2/c1-2-3-4-5-6-7-11-14-30(39)36-21-23-37(24-22-36)31-32-28(25-29(38)33-31)26-35-19-17-34(18-20-35)16-15-27-12-9-8-10-13-27/h8-10,12-13,25H,2-7,11,14-24,26H2,1H3,(H,32,33,38). The maximum absolute atomic E-state index is 12.7. The predicted octanol–water partition coefficient (Wildman–Crippen LogP) is 3.92. The van der Waals surface area contributed by atoms with Crippen molar-refractivity contribution in [3.63, 3.8) is 0 Å². The van der Waals surface area contributed by atoms with E-state index in [1.165, 1.54) is 37.7 Å². The third kappa shape index (κ3) is 9.76. The average molecular weight is 537 g/mol. The van der Waals surface area contributed by atoms with Crippen molar-refractivity contribution in [2.75, 3.05) is 63.8 Å². The molecular formula is C31H48N6O2. The van der Waals surface area contributed by atoms with E-state index >= 15 is 0 Å². The van der Waals surface area contributed by atoms with Crippen LogP contribution in [0.4, 0.5) is 5.95 Å². The van der Waals surface area contributed by atoms with E-state index in [2.05, 4.69) is 56.9 Å². The lowest BCUT2D eigenvalue weighted by Crippen LogP contribution is -2.49. The normalized spacial score (nSPS) is 17.1. The second kappa shape index (κ2) is 15.8. The molecular weight excluding hydrogens is 488 g/mol. The zero-order valence-corrected chi connectivity index (χ0v) is 24.0. The molecule has 0 aliphatic carbocycles. The smallest absolute Gasteiger partial charge is 0.252 e. The van der Waals surface area contributed by atoms with Crippen molar-refractivity contribution >= 4 is 11.9 Å². The molecule has 0 atom stereocenters. The third-order valence-electron chi connectivity index (χ3n) is 8.12. The lowest BCUT2D eigenvalue weighted by molar-refractivity contribution is -0.131. The summed E-state index contributed by atoms with van der Waals surface area (Å²) in [5, 5.41) is 0. The fraction of sp³-hybridized carbons (Fsp3) is 0.645. The number of rotatable bonds is 14. The molecule has 0 radical (unpaired) electrons. The number of carbonyl (C=O) groups excluding carboxylic acids is 1. The lowest BCUT2D eigenvalue weighted by atomic mass is 10.1. The highest BCUT2D eigenvalue weighted by atomic mass is 16.2. The number of benzene rings is 1. The number of anilines is 1. The largest absolute Gasteiger partial charge is 0.339 e. The van der Waals surface area contributed by atoms with E-state index in [1.807, 2.05) is 4.90 Å². The number of hydrogen-bond donors (Lipinski definition) is 1. The number of nitrogens with zero attached hydrogens (tertiary/aromatic N) is 5. The van der Waals surface area contributed by atoms with E-state index in [0.29, 0.717) is 45.1 Å². The van der Waals surface area contributed by atoms with E-state index in [9.17, 15) is 9.59 Å². The average Bonchev–Trinajstić information content (AvgIpc) is 2.96. The van der Waals surface area contributed by atoms with Crippen LogP contribution in [0.5, 0.6) is 0 Å². The molecule has 1 N–H and O–H groups in total. The summed E-state index contributed by atoms with van der Waals surface area (Å²) in [5.41, 5.74) is 2.11. The fourth-order valence-corrected chi connectivity index (χ4v) is 5.62. The number of aromatic amines is 1. The van der Waals surface area contributed by atoms with Gasteiger partial charge in [-0.3, -0.25) is 19.5 Å². The van der Waals surface area contributed by atoms with Gasteiger partial charge in [-0.2, -0.15) is 0 Å². The van der Waals surface area contributed by atoms with Crippen LogP contribution >= 0.6 is 0 Å². The highest BCUT2D eigenvalue weighted by Gasteiger charge is 2.23. The summed E-state index contributed by atoms with van der Waals surface area (Å²) in [7, 11) is 0. The Bertz CT molecular complexity index is 1040. The van der Waals surface area contributed by atoms with Gasteiger partial charge in [-0.1, -0.05) is 75.8 Å². The topological polar surface area (TPSA) is 75.8 Å². The molecule has 1 aromatic heterocycles. The minimum absolute atomic E-state index is 0.103. The molecule has 0 unspecified atom stereocenters. The van der Waals surface area contributed by atoms with Crippen LogP contribution in [0.25, 0.3) is 0 Å². The van der Waals surface area contributed by atoms with Crippen LogP contribution in [0.15, 0.2) is 41.2 Å². The van der Waals surface area contributed by atoms with Crippen LogP contribution in [0.1, 0.15) is 69.5 Å². The SMILES string of the molecule is CCCCCCCCCC(=O)N1CCN(c2nc(CN3CCN(CCc4ccccc4)CC3)cc(=O)[nH]2)CC1. The minimum Gasteiger partial charge on any atom is -0.339 e. The van der Waals surface area contributed by atoms with E-state index in [0.717, 1.165) is 57.7 Å². The quantitative estimate of drug-likeness (QED) is 0.369. The Kier molecular flexibility index (Phi) is 11.8. The van der Waals surface area contributed by atoms with Gasteiger partial charge >= 0.3 is 0 Å². The Balaban J connectivity index is 1.17. The molecule has 2 saturated heterocycles. The van der Waals surface area contributed by atoms with Crippen LogP contribution in [0.2, 0.25) is 0 Å². The van der Waals surface area contributed by atoms with Crippen molar-refractivity contribution in [1.29, 1.82) is 0 Å². The van der Waals surface area contributed by atoms with Crippen LogP contribution in [-0.4, -0.2) is 89.5 Å². The number of carbonyl (C=O) groups is 1. The summed E-state index contributed by atoms with van der Waals surface area (Å²) in [5.74, 6) is 0.902. The first-order valence-corrected chi connectivity index (χ1v) is 15.2. The molecule has 39 heavy (non-hydrogen) atoms. The van der Waals surface area contributed by atoms with Crippen molar-refractivity contribution < 1.29 is 4.79 Å². The lowest BCUT2D eigenvalue weighted by Gasteiger charge is -2.36. The Morgan fingerprint density at radius 1 is 0.846 bits per heavy atom. The summed E-state index contributed by atoms with van der Waals surface area (Å²) in [6, 6.07) is 12.3. The molecule has 2 fully saturated rings. The summed E-state index contributed by atoms with van der Waals surface area (Å²) in [6.45, 7) is 10.8. The van der Waals surface area contributed by atoms with E-state index in [-0.39, 0.29) is 11.5 Å².